The summed E-state index contributed by atoms with van der Waals surface area (Å²) in [4.78, 5) is 24.0. The molecule has 0 amide bonds. The van der Waals surface area contributed by atoms with Crippen molar-refractivity contribution in [2.45, 2.75) is 76.9 Å². The van der Waals surface area contributed by atoms with E-state index in [1.54, 1.807) is 16.9 Å². The van der Waals surface area contributed by atoms with Crippen LogP contribution in [0.4, 0.5) is 24.1 Å². The average Bonchev–Trinajstić information content (AvgIpc) is 3.70. The Bertz CT molecular complexity index is 1680. The molecule has 4 bridgehead atoms. The lowest BCUT2D eigenvalue weighted by Crippen LogP contribution is -2.37. The molecule has 0 spiro atoms. The van der Waals surface area contributed by atoms with E-state index in [9.17, 15) is 23.1 Å². The van der Waals surface area contributed by atoms with Gasteiger partial charge in [-0.15, -0.1) is 5.10 Å². The molecule has 1 aliphatic rings. The molecule has 9 nitrogen and oxygen atoms in total. The van der Waals surface area contributed by atoms with Crippen LogP contribution in [0.15, 0.2) is 59.8 Å². The van der Waals surface area contributed by atoms with Gasteiger partial charge in [-0.2, -0.15) is 13.2 Å². The van der Waals surface area contributed by atoms with E-state index < -0.39 is 30.1 Å². The van der Waals surface area contributed by atoms with E-state index in [1.807, 2.05) is 43.3 Å². The number of carbonyl (C=O) groups is 1. The Balaban J connectivity index is 1.46. The smallest absolute Gasteiger partial charge is 0.397 e. The van der Waals surface area contributed by atoms with E-state index in [2.05, 4.69) is 20.8 Å². The first-order chi connectivity index (χ1) is 22.9. The first-order valence-electron chi connectivity index (χ1n) is 16.2. The molecule has 2 N–H and O–H groups in total. The largest absolute Gasteiger partial charge is 0.481 e. The van der Waals surface area contributed by atoms with Crippen molar-refractivity contribution in [3.05, 3.63) is 60.3 Å². The summed E-state index contributed by atoms with van der Waals surface area (Å²) in [6, 6.07) is 15.4. The standard InChI is InChI=1S/C34H41F3N6O3S2/c1-4-12-24(31(44)45)21-42-19-10-6-5-7-13-23-14-8-9-15-25(23)29-30(47-32(39-29)41-48-28-17-11-16-26(42)38-28)43-20-18-27(40-43)46-22-33(2,3)34(35,36)37/h8-9,11,14-18,20,24H,4-7,10,12-13,19,21-22H2,1-3H3,(H,39,41)(H,44,45). The highest BCUT2D eigenvalue weighted by atomic mass is 32.2. The quantitative estimate of drug-likeness (QED) is 0.166. The average molecular weight is 703 g/mol. The number of halogens is 3. The van der Waals surface area contributed by atoms with E-state index in [-0.39, 0.29) is 5.88 Å². The lowest BCUT2D eigenvalue weighted by molar-refractivity contribution is -0.219. The fourth-order valence-electron chi connectivity index (χ4n) is 5.40. The van der Waals surface area contributed by atoms with Gasteiger partial charge in [-0.05, 0) is 57.2 Å². The molecule has 14 heteroatoms. The molecule has 3 aromatic heterocycles. The maximum absolute atomic E-state index is 13.4. The monoisotopic (exact) mass is 702 g/mol. The van der Waals surface area contributed by atoms with Crippen LogP contribution in [-0.4, -0.2) is 56.7 Å². The topological polar surface area (TPSA) is 105 Å². The van der Waals surface area contributed by atoms with Gasteiger partial charge < -0.3 is 19.5 Å². The molecule has 4 heterocycles. The second-order valence-corrected chi connectivity index (χ2v) is 14.4. The number of carboxylic acid groups (broad SMARTS) is 1. The van der Waals surface area contributed by atoms with Gasteiger partial charge >= 0.3 is 12.1 Å². The Labute approximate surface area is 287 Å². The first kappa shape index (κ1) is 35.5. The number of hydrogen-bond donors (Lipinski definition) is 2. The number of anilines is 2. The van der Waals surface area contributed by atoms with Crippen LogP contribution in [0, 0.1) is 11.3 Å². The summed E-state index contributed by atoms with van der Waals surface area (Å²) in [6.45, 7) is 4.76. The number of nitrogens with zero attached hydrogens (tertiary/aromatic N) is 5. The van der Waals surface area contributed by atoms with Crippen LogP contribution in [0.3, 0.4) is 0 Å². The minimum absolute atomic E-state index is 0.0907. The normalized spacial score (nSPS) is 15.2. The van der Waals surface area contributed by atoms with Crippen molar-refractivity contribution in [2.24, 2.45) is 11.3 Å². The van der Waals surface area contributed by atoms with Crippen molar-refractivity contribution in [3.8, 4) is 22.1 Å². The molecule has 1 atom stereocenters. The number of ether oxygens (including phenoxy) is 1. The highest BCUT2D eigenvalue weighted by Crippen LogP contribution is 2.40. The van der Waals surface area contributed by atoms with Crippen molar-refractivity contribution >= 4 is 40.2 Å². The van der Waals surface area contributed by atoms with Gasteiger partial charge in [-0.25, -0.2) is 14.6 Å². The van der Waals surface area contributed by atoms with Crippen LogP contribution in [0.2, 0.25) is 0 Å². The van der Waals surface area contributed by atoms with Crippen LogP contribution < -0.4 is 14.4 Å². The first-order valence-corrected chi connectivity index (χ1v) is 17.8. The van der Waals surface area contributed by atoms with E-state index in [0.717, 1.165) is 75.9 Å². The van der Waals surface area contributed by atoms with Crippen LogP contribution in [-0.2, 0) is 11.2 Å². The van der Waals surface area contributed by atoms with Gasteiger partial charge in [0.05, 0.1) is 11.3 Å². The zero-order chi connectivity index (χ0) is 34.3. The molecule has 1 aromatic carbocycles. The summed E-state index contributed by atoms with van der Waals surface area (Å²) in [5.74, 6) is -0.442. The molecular formula is C34H41F3N6O3S2. The van der Waals surface area contributed by atoms with E-state index in [4.69, 9.17) is 14.7 Å². The van der Waals surface area contributed by atoms with Crippen molar-refractivity contribution in [3.63, 3.8) is 0 Å². The minimum atomic E-state index is -4.41. The van der Waals surface area contributed by atoms with Crippen LogP contribution in [0.5, 0.6) is 5.88 Å². The second-order valence-electron chi connectivity index (χ2n) is 12.6. The SMILES string of the molecule is CCCC(CN1CCCCCCc2ccccc2-c2nc(sc2-n2ccc(OCC(C)(C)C(F)(F)F)n2)NSc2cccc1n2)C(=O)O. The Morgan fingerprint density at radius 2 is 1.85 bits per heavy atom. The van der Waals surface area contributed by atoms with Crippen molar-refractivity contribution in [1.82, 2.24) is 19.7 Å². The number of carboxylic acids is 1. The predicted octanol–water partition coefficient (Wildman–Crippen LogP) is 8.90. The van der Waals surface area contributed by atoms with E-state index >= 15 is 0 Å². The Kier molecular flexibility index (Phi) is 11.6. The summed E-state index contributed by atoms with van der Waals surface area (Å²) in [5.41, 5.74) is 0.777. The summed E-state index contributed by atoms with van der Waals surface area (Å²) in [5, 5.41) is 16.3. The highest BCUT2D eigenvalue weighted by molar-refractivity contribution is 8.00. The van der Waals surface area contributed by atoms with Crippen LogP contribution in [0.1, 0.15) is 64.9 Å². The third-order valence-corrected chi connectivity index (χ3v) is 10.2. The number of nitrogens with one attached hydrogen (secondary N) is 1. The third-order valence-electron chi connectivity index (χ3n) is 8.33. The number of thiazole rings is 1. The summed E-state index contributed by atoms with van der Waals surface area (Å²) < 4.78 is 50.7. The summed E-state index contributed by atoms with van der Waals surface area (Å²) >= 11 is 2.66. The van der Waals surface area contributed by atoms with Gasteiger partial charge in [0.2, 0.25) is 5.88 Å². The number of aromatic nitrogens is 4. The number of rotatable bonds is 9. The number of aliphatic carboxylic acids is 1. The van der Waals surface area contributed by atoms with Crippen molar-refractivity contribution in [2.75, 3.05) is 29.3 Å². The number of aryl methyl sites for hydroxylation is 1. The maximum Gasteiger partial charge on any atom is 0.397 e. The highest BCUT2D eigenvalue weighted by Gasteiger charge is 2.48. The van der Waals surface area contributed by atoms with Gasteiger partial charge in [-0.3, -0.25) is 4.79 Å². The zero-order valence-corrected chi connectivity index (χ0v) is 28.9. The number of benzene rings is 1. The maximum atomic E-state index is 13.4. The molecule has 0 aliphatic carbocycles. The summed E-state index contributed by atoms with van der Waals surface area (Å²) in [7, 11) is 0. The van der Waals surface area contributed by atoms with Crippen molar-refractivity contribution in [1.29, 1.82) is 0 Å². The molecule has 4 aromatic rings. The predicted molar refractivity (Wildman–Crippen MR) is 184 cm³/mol. The summed E-state index contributed by atoms with van der Waals surface area (Å²) in [6.07, 6.45) is 3.37. The van der Waals surface area contributed by atoms with Gasteiger partial charge in [0.15, 0.2) is 5.13 Å². The van der Waals surface area contributed by atoms with E-state index in [1.165, 1.54) is 23.3 Å². The minimum Gasteiger partial charge on any atom is -0.481 e. The molecule has 0 fully saturated rings. The number of fused-ring (bicyclic) bond motifs is 6. The lowest BCUT2D eigenvalue weighted by atomic mass is 9.94. The molecule has 258 valence electrons. The van der Waals surface area contributed by atoms with Gasteiger partial charge in [0, 0.05) is 42.9 Å². The Morgan fingerprint density at radius 1 is 1.06 bits per heavy atom. The third kappa shape index (κ3) is 8.81. The Hall–Kier alpha value is -3.78. The molecule has 0 saturated carbocycles. The molecular weight excluding hydrogens is 662 g/mol. The fourth-order valence-corrected chi connectivity index (χ4v) is 6.98. The van der Waals surface area contributed by atoms with Crippen LogP contribution >= 0.6 is 23.3 Å². The fraction of sp³-hybridized carbons (Fsp3) is 0.471. The molecule has 1 unspecified atom stereocenters. The lowest BCUT2D eigenvalue weighted by Gasteiger charge is -2.27. The Morgan fingerprint density at radius 3 is 2.62 bits per heavy atom. The molecule has 48 heavy (non-hydrogen) atoms. The number of pyridine rings is 1. The van der Waals surface area contributed by atoms with Gasteiger partial charge in [0.25, 0.3) is 0 Å². The van der Waals surface area contributed by atoms with E-state index in [0.29, 0.717) is 33.8 Å². The molecule has 0 radical (unpaired) electrons. The van der Waals surface area contributed by atoms with Gasteiger partial charge in [0.1, 0.15) is 28.1 Å². The number of alkyl halides is 3. The number of hydrogen-bond acceptors (Lipinski definition) is 9. The second kappa shape index (κ2) is 15.6. The molecule has 0 saturated heterocycles. The van der Waals surface area contributed by atoms with Crippen LogP contribution in [0.25, 0.3) is 16.3 Å². The molecule has 1 aliphatic heterocycles. The van der Waals surface area contributed by atoms with Crippen molar-refractivity contribution < 1.29 is 27.8 Å². The van der Waals surface area contributed by atoms with Gasteiger partial charge in [-0.1, -0.05) is 67.9 Å². The molecule has 5 rings (SSSR count). The zero-order valence-electron chi connectivity index (χ0n) is 27.3.